The molecule has 3 nitrogen and oxygen atoms in total. The molecule has 0 aromatic rings. The van der Waals surface area contributed by atoms with Gasteiger partial charge in [-0.05, 0) is 0 Å². The number of nitrogens with zero attached hydrogens (tertiary/aromatic N) is 1. The quantitative estimate of drug-likeness (QED) is 0.297. The van der Waals surface area contributed by atoms with Crippen molar-refractivity contribution in [1.82, 2.24) is 4.90 Å². The van der Waals surface area contributed by atoms with Gasteiger partial charge in [0.2, 0.25) is 0 Å². The molecule has 0 atom stereocenters. The van der Waals surface area contributed by atoms with Crippen LogP contribution in [0, 0.1) is 12.0 Å². The van der Waals surface area contributed by atoms with Gasteiger partial charge < -0.3 is 0 Å². The van der Waals surface area contributed by atoms with E-state index in [1.54, 1.807) is 0 Å². The van der Waals surface area contributed by atoms with Crippen molar-refractivity contribution in [3.05, 3.63) is 0 Å². The number of hydrogen-bond acceptors (Lipinski definition) is 3. The van der Waals surface area contributed by atoms with Crippen molar-refractivity contribution in [2.24, 2.45) is 0 Å². The first-order valence-electron chi connectivity index (χ1n) is 3.98. The monoisotopic (exact) mass is 301 g/mol. The van der Waals surface area contributed by atoms with E-state index in [1.165, 1.54) is 0 Å². The van der Waals surface area contributed by atoms with Gasteiger partial charge in [0, 0.05) is 12.0 Å². The van der Waals surface area contributed by atoms with Crippen molar-refractivity contribution < 1.29 is 49.0 Å². The van der Waals surface area contributed by atoms with Crippen LogP contribution in [-0.2, 0) is 9.53 Å². The standard InChI is InChI=1S/C7F9NO2/c8-3(18)1-2-17-4(9,10)6(13,14)19-7(15,16)5(17,11)12. The Hall–Kier alpha value is -1.64. The minimum Gasteiger partial charge on any atom is -0.245 e. The van der Waals surface area contributed by atoms with Gasteiger partial charge in [0.15, 0.2) is 0 Å². The van der Waals surface area contributed by atoms with Crippen molar-refractivity contribution in [1.29, 1.82) is 0 Å². The zero-order valence-electron chi connectivity index (χ0n) is 8.17. The summed E-state index contributed by atoms with van der Waals surface area (Å²) in [6.07, 6.45) is -12.1. The molecular formula is C7F9NO2. The Morgan fingerprint density at radius 3 is 1.58 bits per heavy atom. The first-order valence-corrected chi connectivity index (χ1v) is 3.98. The molecule has 19 heavy (non-hydrogen) atoms. The van der Waals surface area contributed by atoms with Crippen molar-refractivity contribution in [2.45, 2.75) is 24.3 Å². The highest BCUT2D eigenvalue weighted by atomic mass is 19.4. The Labute approximate surface area is 97.4 Å². The molecule has 1 aliphatic rings. The lowest BCUT2D eigenvalue weighted by molar-refractivity contribution is -0.553. The number of carbonyl (C=O) groups excluding carboxylic acids is 1. The van der Waals surface area contributed by atoms with E-state index in [1.807, 2.05) is 0 Å². The second kappa shape index (κ2) is 3.92. The van der Waals surface area contributed by atoms with Crippen LogP contribution in [0.4, 0.5) is 39.5 Å². The van der Waals surface area contributed by atoms with E-state index in [4.69, 9.17) is 0 Å². The molecular weight excluding hydrogens is 301 g/mol. The molecule has 108 valence electrons. The first kappa shape index (κ1) is 15.4. The SMILES string of the molecule is O=C(F)C#CN1C(F)(F)C(F)(F)OC(F)(F)C1(F)F. The summed E-state index contributed by atoms with van der Waals surface area (Å²) in [7, 11) is 0. The maximum Gasteiger partial charge on any atom is 0.446 e. The zero-order chi connectivity index (χ0) is 15.3. The number of alkyl halides is 8. The second-order valence-corrected chi connectivity index (χ2v) is 3.06. The normalized spacial score (nSPS) is 26.3. The molecule has 1 heterocycles. The lowest BCUT2D eigenvalue weighted by atomic mass is 10.3. The fraction of sp³-hybridized carbons (Fsp3) is 0.571. The molecule has 1 saturated heterocycles. The fourth-order valence-electron chi connectivity index (χ4n) is 0.961. The molecule has 0 saturated carbocycles. The van der Waals surface area contributed by atoms with Crippen molar-refractivity contribution >= 4 is 6.04 Å². The molecule has 0 aromatic heterocycles. The van der Waals surface area contributed by atoms with Crippen molar-refractivity contribution in [2.75, 3.05) is 0 Å². The summed E-state index contributed by atoms with van der Waals surface area (Å²) in [5.74, 6) is 0.390. The minimum atomic E-state index is -6.05. The number of ether oxygens (including phenoxy) is 1. The lowest BCUT2D eigenvalue weighted by Crippen LogP contribution is -2.72. The van der Waals surface area contributed by atoms with E-state index in [0.29, 0.717) is 5.92 Å². The summed E-state index contributed by atoms with van der Waals surface area (Å²) in [6, 6.07) is -14.6. The van der Waals surface area contributed by atoms with Crippen LogP contribution in [-0.4, -0.2) is 35.2 Å². The predicted molar refractivity (Wildman–Crippen MR) is 36.6 cm³/mol. The maximum atomic E-state index is 12.8. The summed E-state index contributed by atoms with van der Waals surface area (Å²) >= 11 is 0. The molecule has 0 amide bonds. The smallest absolute Gasteiger partial charge is 0.245 e. The Bertz CT molecular complexity index is 437. The van der Waals surface area contributed by atoms with E-state index < -0.39 is 35.2 Å². The first-order chi connectivity index (χ1) is 8.26. The van der Waals surface area contributed by atoms with Crippen LogP contribution in [0.15, 0.2) is 0 Å². The third-order valence-corrected chi connectivity index (χ3v) is 1.78. The molecule has 0 spiro atoms. The summed E-state index contributed by atoms with van der Waals surface area (Å²) in [4.78, 5) is 7.35. The van der Waals surface area contributed by atoms with Gasteiger partial charge in [0.1, 0.15) is 0 Å². The Morgan fingerprint density at radius 2 is 1.26 bits per heavy atom. The van der Waals surface area contributed by atoms with E-state index in [9.17, 15) is 44.3 Å². The predicted octanol–water partition coefficient (Wildman–Crippen LogP) is 2.15. The van der Waals surface area contributed by atoms with Crippen molar-refractivity contribution in [3.8, 4) is 12.0 Å². The molecule has 1 fully saturated rings. The zero-order valence-corrected chi connectivity index (χ0v) is 8.17. The number of rotatable bonds is 0. The van der Waals surface area contributed by atoms with Crippen LogP contribution >= 0.6 is 0 Å². The molecule has 0 N–H and O–H groups in total. The molecule has 12 heteroatoms. The van der Waals surface area contributed by atoms with Crippen LogP contribution in [0.1, 0.15) is 0 Å². The van der Waals surface area contributed by atoms with Crippen LogP contribution in [0.2, 0.25) is 0 Å². The fourth-order valence-corrected chi connectivity index (χ4v) is 0.961. The molecule has 0 aliphatic carbocycles. The van der Waals surface area contributed by atoms with Crippen LogP contribution in [0.25, 0.3) is 0 Å². The summed E-state index contributed by atoms with van der Waals surface area (Å²) in [5, 5.41) is 0. The van der Waals surface area contributed by atoms with E-state index in [0.717, 1.165) is 0 Å². The van der Waals surface area contributed by atoms with Gasteiger partial charge in [0.05, 0.1) is 0 Å². The van der Waals surface area contributed by atoms with Gasteiger partial charge in [-0.2, -0.15) is 40.0 Å². The van der Waals surface area contributed by atoms with Crippen LogP contribution in [0.3, 0.4) is 0 Å². The van der Waals surface area contributed by atoms with Crippen molar-refractivity contribution in [3.63, 3.8) is 0 Å². The molecule has 0 unspecified atom stereocenters. The largest absolute Gasteiger partial charge is 0.446 e. The Kier molecular flexibility index (Phi) is 3.18. The summed E-state index contributed by atoms with van der Waals surface area (Å²) < 4.78 is 115. The number of morpholine rings is 1. The highest BCUT2D eigenvalue weighted by Gasteiger charge is 2.82. The van der Waals surface area contributed by atoms with Gasteiger partial charge in [-0.25, -0.2) is 9.53 Å². The molecule has 1 rings (SSSR count). The average Bonchev–Trinajstić information content (AvgIpc) is 2.12. The third kappa shape index (κ3) is 2.18. The number of halogens is 9. The molecule has 1 aliphatic heterocycles. The lowest BCUT2D eigenvalue weighted by Gasteiger charge is -2.45. The molecule has 0 aromatic carbocycles. The Morgan fingerprint density at radius 1 is 0.895 bits per heavy atom. The van der Waals surface area contributed by atoms with E-state index in [2.05, 4.69) is 4.74 Å². The third-order valence-electron chi connectivity index (χ3n) is 1.78. The number of carbonyl (C=O) groups is 1. The minimum absolute atomic E-state index is 0.232. The summed E-state index contributed by atoms with van der Waals surface area (Å²) in [5.41, 5.74) is 0. The highest BCUT2D eigenvalue weighted by Crippen LogP contribution is 2.55. The van der Waals surface area contributed by atoms with Gasteiger partial charge in [-0.1, -0.05) is 0 Å². The van der Waals surface area contributed by atoms with Gasteiger partial charge in [-0.15, -0.1) is 4.39 Å². The highest BCUT2D eigenvalue weighted by molar-refractivity contribution is 5.87. The maximum absolute atomic E-state index is 12.8. The molecule has 0 bridgehead atoms. The second-order valence-electron chi connectivity index (χ2n) is 3.06. The van der Waals surface area contributed by atoms with E-state index >= 15 is 0 Å². The van der Waals surface area contributed by atoms with E-state index in [-0.39, 0.29) is 6.04 Å². The van der Waals surface area contributed by atoms with Gasteiger partial charge in [0.25, 0.3) is 0 Å². The topological polar surface area (TPSA) is 29.5 Å². The van der Waals surface area contributed by atoms with Crippen LogP contribution < -0.4 is 0 Å². The molecule has 0 radical (unpaired) electrons. The summed E-state index contributed by atoms with van der Waals surface area (Å²) in [6.45, 7) is 0. The van der Waals surface area contributed by atoms with Crippen LogP contribution in [0.5, 0.6) is 0 Å². The Balaban J connectivity index is 3.43. The van der Waals surface area contributed by atoms with Gasteiger partial charge in [-0.3, -0.25) is 0 Å². The average molecular weight is 301 g/mol. The number of hydrogen-bond donors (Lipinski definition) is 0. The van der Waals surface area contributed by atoms with Gasteiger partial charge >= 0.3 is 30.3 Å².